The molecule has 5 nitrogen and oxygen atoms in total. The van der Waals surface area contributed by atoms with Gasteiger partial charge in [-0.15, -0.1) is 0 Å². The van der Waals surface area contributed by atoms with E-state index in [0.717, 1.165) is 22.4 Å². The summed E-state index contributed by atoms with van der Waals surface area (Å²) in [7, 11) is -3.79. The number of anilines is 1. The third-order valence-corrected chi connectivity index (χ3v) is 6.56. The Balaban J connectivity index is 1.83. The molecule has 6 heteroatoms. The van der Waals surface area contributed by atoms with Gasteiger partial charge in [-0.2, -0.15) is 0 Å². The second kappa shape index (κ2) is 9.90. The predicted molar refractivity (Wildman–Crippen MR) is 124 cm³/mol. The average Bonchev–Trinajstić information content (AvgIpc) is 2.74. The highest BCUT2D eigenvalue weighted by Gasteiger charge is 2.24. The molecule has 0 spiro atoms. The molecule has 0 aromatic heterocycles. The highest BCUT2D eigenvalue weighted by molar-refractivity contribution is 7.89. The zero-order valence-electron chi connectivity index (χ0n) is 18.0. The van der Waals surface area contributed by atoms with Crippen molar-refractivity contribution in [1.82, 2.24) is 4.72 Å². The fourth-order valence-corrected chi connectivity index (χ4v) is 4.61. The number of hydrogen-bond acceptors (Lipinski definition) is 3. The summed E-state index contributed by atoms with van der Waals surface area (Å²) in [5.41, 5.74) is 3.48. The summed E-state index contributed by atoms with van der Waals surface area (Å²) < 4.78 is 28.6. The molecule has 0 bridgehead atoms. The van der Waals surface area contributed by atoms with E-state index in [0.29, 0.717) is 0 Å². The van der Waals surface area contributed by atoms with Gasteiger partial charge in [0.2, 0.25) is 15.9 Å². The molecule has 0 radical (unpaired) electrons. The van der Waals surface area contributed by atoms with Crippen LogP contribution >= 0.6 is 0 Å². The second-order valence-electron chi connectivity index (χ2n) is 7.89. The van der Waals surface area contributed by atoms with Crippen molar-refractivity contribution in [3.05, 3.63) is 95.6 Å². The quantitative estimate of drug-likeness (QED) is 0.512. The van der Waals surface area contributed by atoms with Crippen LogP contribution in [-0.4, -0.2) is 14.3 Å². The minimum atomic E-state index is -3.79. The Morgan fingerprint density at radius 2 is 1.48 bits per heavy atom. The van der Waals surface area contributed by atoms with Crippen molar-refractivity contribution in [1.29, 1.82) is 0 Å². The number of sulfonamides is 1. The van der Waals surface area contributed by atoms with Crippen LogP contribution in [0, 0.1) is 6.92 Å². The Kier molecular flexibility index (Phi) is 7.25. The first kappa shape index (κ1) is 22.7. The normalized spacial score (nSPS) is 12.5. The molecular weight excluding hydrogens is 408 g/mol. The van der Waals surface area contributed by atoms with Crippen molar-refractivity contribution in [3.63, 3.8) is 0 Å². The van der Waals surface area contributed by atoms with Gasteiger partial charge in [0.25, 0.3) is 0 Å². The number of aryl methyl sites for hydroxylation is 1. The van der Waals surface area contributed by atoms with Gasteiger partial charge >= 0.3 is 0 Å². The molecular formula is C25H28N2O3S. The lowest BCUT2D eigenvalue weighted by Crippen LogP contribution is -2.31. The first-order valence-corrected chi connectivity index (χ1v) is 11.8. The van der Waals surface area contributed by atoms with E-state index in [1.165, 1.54) is 0 Å². The summed E-state index contributed by atoms with van der Waals surface area (Å²) in [4.78, 5) is 13.1. The SMILES string of the molecule is Cc1ccc(S(=O)(=O)N[C@H](CC(=O)Nc2ccccc2C(C)C)c2ccccc2)cc1. The van der Waals surface area contributed by atoms with Gasteiger partial charge in [0.1, 0.15) is 0 Å². The van der Waals surface area contributed by atoms with Crippen LogP contribution < -0.4 is 10.0 Å². The number of nitrogens with one attached hydrogen (secondary N) is 2. The third-order valence-electron chi connectivity index (χ3n) is 5.08. The van der Waals surface area contributed by atoms with Crippen molar-refractivity contribution in [2.45, 2.75) is 44.0 Å². The Morgan fingerprint density at radius 3 is 2.13 bits per heavy atom. The van der Waals surface area contributed by atoms with Crippen molar-refractivity contribution in [3.8, 4) is 0 Å². The minimum absolute atomic E-state index is 0.0263. The van der Waals surface area contributed by atoms with Gasteiger partial charge in [-0.3, -0.25) is 4.79 Å². The van der Waals surface area contributed by atoms with Gasteiger partial charge in [0.15, 0.2) is 0 Å². The molecule has 0 unspecified atom stereocenters. The molecule has 2 N–H and O–H groups in total. The molecule has 0 saturated carbocycles. The highest BCUT2D eigenvalue weighted by atomic mass is 32.2. The van der Waals surface area contributed by atoms with E-state index in [-0.39, 0.29) is 23.1 Å². The van der Waals surface area contributed by atoms with Crippen molar-refractivity contribution < 1.29 is 13.2 Å². The Bertz CT molecular complexity index is 1120. The van der Waals surface area contributed by atoms with Crippen LogP contribution in [0.25, 0.3) is 0 Å². The summed E-state index contributed by atoms with van der Waals surface area (Å²) in [6.07, 6.45) is -0.0263. The van der Waals surface area contributed by atoms with Gasteiger partial charge in [-0.05, 0) is 42.2 Å². The molecule has 0 aliphatic rings. The monoisotopic (exact) mass is 436 g/mol. The Morgan fingerprint density at radius 1 is 0.871 bits per heavy atom. The summed E-state index contributed by atoms with van der Waals surface area (Å²) in [6.45, 7) is 6.02. The van der Waals surface area contributed by atoms with Gasteiger partial charge in [-0.1, -0.05) is 80.1 Å². The van der Waals surface area contributed by atoms with Crippen molar-refractivity contribution in [2.75, 3.05) is 5.32 Å². The van der Waals surface area contributed by atoms with Crippen LogP contribution in [0.2, 0.25) is 0 Å². The van der Waals surface area contributed by atoms with Crippen LogP contribution in [0.4, 0.5) is 5.69 Å². The van der Waals surface area contributed by atoms with E-state index in [4.69, 9.17) is 0 Å². The molecule has 1 atom stereocenters. The van der Waals surface area contributed by atoms with Crippen LogP contribution in [0.1, 0.15) is 48.9 Å². The summed E-state index contributed by atoms with van der Waals surface area (Å²) in [5, 5.41) is 2.95. The zero-order valence-corrected chi connectivity index (χ0v) is 18.8. The van der Waals surface area contributed by atoms with E-state index in [9.17, 15) is 13.2 Å². The fourth-order valence-electron chi connectivity index (χ4n) is 3.39. The topological polar surface area (TPSA) is 75.3 Å². The lowest BCUT2D eigenvalue weighted by molar-refractivity contribution is -0.116. The number of para-hydroxylation sites is 1. The number of rotatable bonds is 8. The molecule has 0 heterocycles. The second-order valence-corrected chi connectivity index (χ2v) is 9.61. The molecule has 0 saturated heterocycles. The molecule has 3 aromatic rings. The lowest BCUT2D eigenvalue weighted by Gasteiger charge is -2.20. The van der Waals surface area contributed by atoms with Crippen molar-refractivity contribution in [2.24, 2.45) is 0 Å². The fraction of sp³-hybridized carbons (Fsp3) is 0.240. The third kappa shape index (κ3) is 6.03. The Labute approximate surface area is 184 Å². The molecule has 1 amide bonds. The number of carbonyl (C=O) groups is 1. The van der Waals surface area contributed by atoms with Gasteiger partial charge in [-0.25, -0.2) is 13.1 Å². The van der Waals surface area contributed by atoms with Crippen LogP contribution in [0.5, 0.6) is 0 Å². The zero-order chi connectivity index (χ0) is 22.4. The van der Waals surface area contributed by atoms with Gasteiger partial charge in [0, 0.05) is 12.1 Å². The maximum absolute atomic E-state index is 13.0. The maximum Gasteiger partial charge on any atom is 0.241 e. The number of carbonyl (C=O) groups excluding carboxylic acids is 1. The maximum atomic E-state index is 13.0. The van der Waals surface area contributed by atoms with Gasteiger partial charge < -0.3 is 5.32 Å². The predicted octanol–water partition coefficient (Wildman–Crippen LogP) is 5.17. The lowest BCUT2D eigenvalue weighted by atomic mass is 10.0. The number of hydrogen-bond donors (Lipinski definition) is 2. The molecule has 0 aliphatic heterocycles. The standard InChI is InChI=1S/C25H28N2O3S/c1-18(2)22-11-7-8-12-23(22)26-25(28)17-24(20-9-5-4-6-10-20)27-31(29,30)21-15-13-19(3)14-16-21/h4-16,18,24,27H,17H2,1-3H3,(H,26,28)/t24-/m1/s1. The largest absolute Gasteiger partial charge is 0.326 e. The van der Waals surface area contributed by atoms with Gasteiger partial charge in [0.05, 0.1) is 10.9 Å². The molecule has 0 aliphatic carbocycles. The van der Waals surface area contributed by atoms with E-state index >= 15 is 0 Å². The molecule has 3 aromatic carbocycles. The summed E-state index contributed by atoms with van der Waals surface area (Å²) in [5.74, 6) is -0.00461. The van der Waals surface area contributed by atoms with E-state index in [1.807, 2.05) is 61.5 Å². The molecule has 3 rings (SSSR count). The minimum Gasteiger partial charge on any atom is -0.326 e. The molecule has 31 heavy (non-hydrogen) atoms. The molecule has 162 valence electrons. The first-order chi connectivity index (χ1) is 14.8. The molecule has 0 fully saturated rings. The highest BCUT2D eigenvalue weighted by Crippen LogP contribution is 2.26. The summed E-state index contributed by atoms with van der Waals surface area (Å²) in [6, 6.07) is 22.7. The average molecular weight is 437 g/mol. The Hall–Kier alpha value is -2.96. The van der Waals surface area contributed by atoms with Crippen LogP contribution in [0.3, 0.4) is 0 Å². The van der Waals surface area contributed by atoms with Crippen LogP contribution in [0.15, 0.2) is 83.8 Å². The van der Waals surface area contributed by atoms with E-state index in [2.05, 4.69) is 23.9 Å². The summed E-state index contributed by atoms with van der Waals surface area (Å²) >= 11 is 0. The van der Waals surface area contributed by atoms with Crippen LogP contribution in [-0.2, 0) is 14.8 Å². The van der Waals surface area contributed by atoms with E-state index in [1.54, 1.807) is 24.3 Å². The first-order valence-electron chi connectivity index (χ1n) is 10.3. The smallest absolute Gasteiger partial charge is 0.241 e. The van der Waals surface area contributed by atoms with Crippen molar-refractivity contribution >= 4 is 21.6 Å². The number of amides is 1. The van der Waals surface area contributed by atoms with E-state index < -0.39 is 16.1 Å². The number of benzene rings is 3.